The SMILES string of the molecule is NC(=O)c1ccccc1CCCN1CC2CN(C(=O)C3CCCC3)C[C@@H]2C1. The number of nitrogens with zero attached hydrogens (tertiary/aromatic N) is 2. The van der Waals surface area contributed by atoms with Crippen LogP contribution in [0.5, 0.6) is 0 Å². The Kier molecular flexibility index (Phi) is 5.48. The summed E-state index contributed by atoms with van der Waals surface area (Å²) in [5.74, 6) is 1.69. The zero-order chi connectivity index (χ0) is 18.8. The van der Waals surface area contributed by atoms with Gasteiger partial charge in [-0.05, 0) is 55.7 Å². The Morgan fingerprint density at radius 2 is 1.67 bits per heavy atom. The van der Waals surface area contributed by atoms with E-state index in [4.69, 9.17) is 5.73 Å². The van der Waals surface area contributed by atoms with E-state index in [-0.39, 0.29) is 5.91 Å². The number of nitrogens with two attached hydrogens (primary N) is 1. The van der Waals surface area contributed by atoms with E-state index >= 15 is 0 Å². The molecule has 1 saturated carbocycles. The molecule has 0 bridgehead atoms. The number of aryl methyl sites for hydroxylation is 1. The quantitative estimate of drug-likeness (QED) is 0.837. The lowest BCUT2D eigenvalue weighted by Crippen LogP contribution is -2.36. The van der Waals surface area contributed by atoms with Crippen molar-refractivity contribution in [2.24, 2.45) is 23.5 Å². The van der Waals surface area contributed by atoms with Gasteiger partial charge < -0.3 is 15.5 Å². The smallest absolute Gasteiger partial charge is 0.248 e. The van der Waals surface area contributed by atoms with Gasteiger partial charge in [-0.1, -0.05) is 31.0 Å². The molecule has 5 heteroatoms. The van der Waals surface area contributed by atoms with E-state index in [1.165, 1.54) is 12.8 Å². The van der Waals surface area contributed by atoms with E-state index in [2.05, 4.69) is 9.80 Å². The first-order chi connectivity index (χ1) is 13.1. The third-order valence-corrected chi connectivity index (χ3v) is 6.78. The Balaban J connectivity index is 1.23. The summed E-state index contributed by atoms with van der Waals surface area (Å²) in [6.07, 6.45) is 6.58. The highest BCUT2D eigenvalue weighted by Crippen LogP contribution is 2.34. The second kappa shape index (κ2) is 8.01. The first-order valence-corrected chi connectivity index (χ1v) is 10.5. The largest absolute Gasteiger partial charge is 0.366 e. The van der Waals surface area contributed by atoms with Gasteiger partial charge in [0.1, 0.15) is 0 Å². The maximum Gasteiger partial charge on any atom is 0.248 e. The van der Waals surface area contributed by atoms with Crippen molar-refractivity contribution in [2.45, 2.75) is 38.5 Å². The van der Waals surface area contributed by atoms with Gasteiger partial charge >= 0.3 is 0 Å². The molecule has 1 aromatic rings. The number of hydrogen-bond acceptors (Lipinski definition) is 3. The van der Waals surface area contributed by atoms with Crippen LogP contribution >= 0.6 is 0 Å². The number of rotatable bonds is 6. The number of hydrogen-bond donors (Lipinski definition) is 1. The third kappa shape index (κ3) is 4.03. The van der Waals surface area contributed by atoms with Crippen molar-refractivity contribution < 1.29 is 9.59 Å². The lowest BCUT2D eigenvalue weighted by atomic mass is 10.0. The second-order valence-corrected chi connectivity index (χ2v) is 8.63. The predicted molar refractivity (Wildman–Crippen MR) is 105 cm³/mol. The lowest BCUT2D eigenvalue weighted by Gasteiger charge is -2.24. The van der Waals surface area contributed by atoms with Crippen LogP contribution in [0.25, 0.3) is 0 Å². The lowest BCUT2D eigenvalue weighted by molar-refractivity contribution is -0.134. The highest BCUT2D eigenvalue weighted by Gasteiger charge is 2.42. The van der Waals surface area contributed by atoms with Crippen molar-refractivity contribution in [1.82, 2.24) is 9.80 Å². The van der Waals surface area contributed by atoms with Crippen LogP contribution in [0.3, 0.4) is 0 Å². The molecule has 1 aromatic carbocycles. The van der Waals surface area contributed by atoms with Crippen LogP contribution in [0.2, 0.25) is 0 Å². The van der Waals surface area contributed by atoms with Crippen molar-refractivity contribution in [3.63, 3.8) is 0 Å². The van der Waals surface area contributed by atoms with Gasteiger partial charge in [0.2, 0.25) is 11.8 Å². The Morgan fingerprint density at radius 3 is 2.33 bits per heavy atom. The molecule has 1 aliphatic carbocycles. The van der Waals surface area contributed by atoms with E-state index in [0.717, 1.165) is 64.0 Å². The molecule has 27 heavy (non-hydrogen) atoms. The molecule has 3 fully saturated rings. The number of fused-ring (bicyclic) bond motifs is 1. The molecule has 5 nitrogen and oxygen atoms in total. The average molecular weight is 370 g/mol. The molecular weight excluding hydrogens is 338 g/mol. The van der Waals surface area contributed by atoms with Gasteiger partial charge in [0.15, 0.2) is 0 Å². The molecule has 2 amide bonds. The van der Waals surface area contributed by atoms with Gasteiger partial charge in [0.05, 0.1) is 0 Å². The fraction of sp³-hybridized carbons (Fsp3) is 0.636. The number of carbonyl (C=O) groups excluding carboxylic acids is 2. The maximum absolute atomic E-state index is 12.7. The van der Waals surface area contributed by atoms with Crippen molar-refractivity contribution in [3.8, 4) is 0 Å². The molecule has 0 radical (unpaired) electrons. The van der Waals surface area contributed by atoms with Gasteiger partial charge in [-0.15, -0.1) is 0 Å². The molecule has 3 aliphatic rings. The monoisotopic (exact) mass is 369 g/mol. The Bertz CT molecular complexity index is 685. The van der Waals surface area contributed by atoms with Gasteiger partial charge in [0, 0.05) is 37.7 Å². The summed E-state index contributed by atoms with van der Waals surface area (Å²) in [4.78, 5) is 28.9. The number of amides is 2. The van der Waals surface area contributed by atoms with Gasteiger partial charge in [0.25, 0.3) is 0 Å². The van der Waals surface area contributed by atoms with Gasteiger partial charge in [-0.25, -0.2) is 0 Å². The summed E-state index contributed by atoms with van der Waals surface area (Å²) in [7, 11) is 0. The van der Waals surface area contributed by atoms with E-state index < -0.39 is 0 Å². The molecule has 4 rings (SSSR count). The second-order valence-electron chi connectivity index (χ2n) is 8.63. The molecule has 0 aromatic heterocycles. The summed E-state index contributed by atoms with van der Waals surface area (Å²) in [5.41, 5.74) is 7.17. The van der Waals surface area contributed by atoms with E-state index in [1.807, 2.05) is 24.3 Å². The summed E-state index contributed by atoms with van der Waals surface area (Å²) in [5, 5.41) is 0. The summed E-state index contributed by atoms with van der Waals surface area (Å²) in [6.45, 7) is 5.19. The maximum atomic E-state index is 12.7. The minimum atomic E-state index is -0.340. The zero-order valence-corrected chi connectivity index (χ0v) is 16.1. The standard InChI is InChI=1S/C22H31N3O2/c23-21(26)20-10-4-3-6-16(20)9-5-11-24-12-18-14-25(15-19(18)13-24)22(27)17-7-1-2-8-17/h3-4,6,10,17-19H,1-2,5,7-9,11-15H2,(H2,23,26)/t18-,19?/m0/s1. The molecule has 2 atom stereocenters. The Morgan fingerprint density at radius 1 is 1.00 bits per heavy atom. The number of carbonyl (C=O) groups is 2. The van der Waals surface area contributed by atoms with Gasteiger partial charge in [-0.2, -0.15) is 0 Å². The highest BCUT2D eigenvalue weighted by atomic mass is 16.2. The van der Waals surface area contributed by atoms with Crippen LogP contribution < -0.4 is 5.73 Å². The zero-order valence-electron chi connectivity index (χ0n) is 16.1. The van der Waals surface area contributed by atoms with Gasteiger partial charge in [-0.3, -0.25) is 9.59 Å². The Labute approximate surface area is 161 Å². The first kappa shape index (κ1) is 18.5. The number of benzene rings is 1. The van der Waals surface area contributed by atoms with E-state index in [1.54, 1.807) is 0 Å². The molecule has 2 N–H and O–H groups in total. The van der Waals surface area contributed by atoms with Crippen LogP contribution in [-0.4, -0.2) is 54.3 Å². The Hall–Kier alpha value is -1.88. The third-order valence-electron chi connectivity index (χ3n) is 6.78. The number of likely N-dealkylation sites (tertiary alicyclic amines) is 2. The average Bonchev–Trinajstić information content (AvgIpc) is 3.38. The predicted octanol–water partition coefficient (Wildman–Crippen LogP) is 2.30. The van der Waals surface area contributed by atoms with Crippen LogP contribution in [-0.2, 0) is 11.2 Å². The number of primary amides is 1. The van der Waals surface area contributed by atoms with E-state index in [9.17, 15) is 9.59 Å². The summed E-state index contributed by atoms with van der Waals surface area (Å²) >= 11 is 0. The van der Waals surface area contributed by atoms with Crippen LogP contribution in [0, 0.1) is 17.8 Å². The molecule has 2 heterocycles. The van der Waals surface area contributed by atoms with Crippen molar-refractivity contribution in [2.75, 3.05) is 32.7 Å². The van der Waals surface area contributed by atoms with Crippen molar-refractivity contribution in [3.05, 3.63) is 35.4 Å². The fourth-order valence-corrected chi connectivity index (χ4v) is 5.36. The highest BCUT2D eigenvalue weighted by molar-refractivity contribution is 5.94. The first-order valence-electron chi connectivity index (χ1n) is 10.5. The fourth-order valence-electron chi connectivity index (χ4n) is 5.36. The van der Waals surface area contributed by atoms with Crippen LogP contribution in [0.15, 0.2) is 24.3 Å². The molecular formula is C22H31N3O2. The topological polar surface area (TPSA) is 66.6 Å². The molecule has 0 spiro atoms. The molecule has 2 saturated heterocycles. The minimum Gasteiger partial charge on any atom is -0.366 e. The summed E-state index contributed by atoms with van der Waals surface area (Å²) < 4.78 is 0. The molecule has 1 unspecified atom stereocenters. The van der Waals surface area contributed by atoms with Crippen molar-refractivity contribution in [1.29, 1.82) is 0 Å². The molecule has 2 aliphatic heterocycles. The summed E-state index contributed by atoms with van der Waals surface area (Å²) in [6, 6.07) is 7.65. The van der Waals surface area contributed by atoms with E-state index in [0.29, 0.717) is 29.2 Å². The van der Waals surface area contributed by atoms with Crippen LogP contribution in [0.4, 0.5) is 0 Å². The van der Waals surface area contributed by atoms with Crippen molar-refractivity contribution >= 4 is 11.8 Å². The normalized spacial score (nSPS) is 25.9. The minimum absolute atomic E-state index is 0.310. The molecule has 146 valence electrons. The van der Waals surface area contributed by atoms with Crippen LogP contribution in [0.1, 0.15) is 48.0 Å².